The van der Waals surface area contributed by atoms with Crippen molar-refractivity contribution in [3.05, 3.63) is 24.2 Å². The number of likely N-dealkylation sites (N-methyl/N-ethyl adjacent to an activating group) is 1. The summed E-state index contributed by atoms with van der Waals surface area (Å²) in [6.07, 6.45) is 2.77. The second-order valence-electron chi connectivity index (χ2n) is 7.87. The number of furan rings is 1. The summed E-state index contributed by atoms with van der Waals surface area (Å²) in [5.41, 5.74) is -0.846. The van der Waals surface area contributed by atoms with Gasteiger partial charge in [-0.2, -0.15) is 0 Å². The van der Waals surface area contributed by atoms with E-state index in [2.05, 4.69) is 11.8 Å². The number of piperazine rings is 2. The van der Waals surface area contributed by atoms with Crippen molar-refractivity contribution in [1.82, 2.24) is 19.6 Å². The lowest BCUT2D eigenvalue weighted by atomic mass is 10.0. The van der Waals surface area contributed by atoms with E-state index in [1.54, 1.807) is 21.9 Å². The zero-order chi connectivity index (χ0) is 19.7. The second-order valence-corrected chi connectivity index (χ2v) is 7.87. The summed E-state index contributed by atoms with van der Waals surface area (Å²) < 4.78 is 5.18. The van der Waals surface area contributed by atoms with Gasteiger partial charge >= 0.3 is 0 Å². The Balaban J connectivity index is 1.33. The van der Waals surface area contributed by atoms with Crippen LogP contribution in [-0.4, -0.2) is 96.2 Å². The molecule has 4 rings (SSSR count). The van der Waals surface area contributed by atoms with Gasteiger partial charge in [-0.05, 0) is 31.5 Å². The molecule has 28 heavy (non-hydrogen) atoms. The molecule has 0 radical (unpaired) electrons. The molecule has 0 unspecified atom stereocenters. The molecule has 152 valence electrons. The third kappa shape index (κ3) is 3.41. The normalized spacial score (nSPS) is 22.2. The molecule has 3 amide bonds. The fourth-order valence-corrected chi connectivity index (χ4v) is 4.19. The number of carbonyl (C=O) groups is 3. The van der Waals surface area contributed by atoms with E-state index >= 15 is 0 Å². The minimum atomic E-state index is -0.846. The summed E-state index contributed by atoms with van der Waals surface area (Å²) in [7, 11) is 0. The van der Waals surface area contributed by atoms with E-state index in [1.165, 1.54) is 6.26 Å². The second kappa shape index (κ2) is 7.58. The molecular formula is C20H28N4O4. The maximum Gasteiger partial charge on any atom is 0.289 e. The number of hydrogen-bond donors (Lipinski definition) is 0. The maximum atomic E-state index is 13.1. The number of hydrogen-bond acceptors (Lipinski definition) is 5. The van der Waals surface area contributed by atoms with Crippen molar-refractivity contribution in [3.8, 4) is 0 Å². The van der Waals surface area contributed by atoms with Gasteiger partial charge in [0.25, 0.3) is 5.91 Å². The van der Waals surface area contributed by atoms with Gasteiger partial charge in [0.2, 0.25) is 11.8 Å². The fourth-order valence-electron chi connectivity index (χ4n) is 4.19. The van der Waals surface area contributed by atoms with Crippen molar-refractivity contribution in [2.24, 2.45) is 5.41 Å². The highest BCUT2D eigenvalue weighted by Gasteiger charge is 2.59. The summed E-state index contributed by atoms with van der Waals surface area (Å²) in [5.74, 6) is 0.116. The van der Waals surface area contributed by atoms with Crippen molar-refractivity contribution < 1.29 is 18.8 Å². The number of carbonyl (C=O) groups excluding carboxylic acids is 3. The highest BCUT2D eigenvalue weighted by atomic mass is 16.3. The monoisotopic (exact) mass is 388 g/mol. The quantitative estimate of drug-likeness (QED) is 0.703. The molecule has 3 aliphatic rings. The summed E-state index contributed by atoms with van der Waals surface area (Å²) in [4.78, 5) is 46.2. The third-order valence-electron chi connectivity index (χ3n) is 6.26. The van der Waals surface area contributed by atoms with Crippen LogP contribution in [0.5, 0.6) is 0 Å². The van der Waals surface area contributed by atoms with Crippen molar-refractivity contribution in [2.75, 3.05) is 58.9 Å². The molecule has 2 aliphatic heterocycles. The van der Waals surface area contributed by atoms with Crippen molar-refractivity contribution >= 4 is 17.7 Å². The molecule has 3 heterocycles. The van der Waals surface area contributed by atoms with E-state index in [1.807, 2.05) is 4.90 Å². The first-order chi connectivity index (χ1) is 13.5. The average molecular weight is 388 g/mol. The molecule has 0 bridgehead atoms. The lowest BCUT2D eigenvalue weighted by Gasteiger charge is -2.39. The average Bonchev–Trinajstić information content (AvgIpc) is 3.38. The summed E-state index contributed by atoms with van der Waals surface area (Å²) in [5, 5.41) is 0. The van der Waals surface area contributed by atoms with Gasteiger partial charge in [-0.3, -0.25) is 14.4 Å². The van der Waals surface area contributed by atoms with Gasteiger partial charge in [0.05, 0.1) is 6.26 Å². The van der Waals surface area contributed by atoms with Crippen molar-refractivity contribution in [2.45, 2.75) is 19.8 Å². The summed E-state index contributed by atoms with van der Waals surface area (Å²) in [6.45, 7) is 8.12. The Hall–Kier alpha value is -2.35. The van der Waals surface area contributed by atoms with Gasteiger partial charge in [0.15, 0.2) is 5.76 Å². The topological polar surface area (TPSA) is 77.3 Å². The number of nitrogens with zero attached hydrogens (tertiary/aromatic N) is 4. The van der Waals surface area contributed by atoms with Gasteiger partial charge in [0, 0.05) is 52.4 Å². The molecule has 1 aromatic heterocycles. The van der Waals surface area contributed by atoms with Crippen LogP contribution >= 0.6 is 0 Å². The Bertz CT molecular complexity index is 727. The Kier molecular flexibility index (Phi) is 5.14. The molecule has 1 aromatic rings. The van der Waals surface area contributed by atoms with Crippen LogP contribution in [0.15, 0.2) is 22.8 Å². The molecule has 0 atom stereocenters. The van der Waals surface area contributed by atoms with Crippen LogP contribution in [0.25, 0.3) is 0 Å². The maximum absolute atomic E-state index is 13.1. The molecular weight excluding hydrogens is 360 g/mol. The van der Waals surface area contributed by atoms with Gasteiger partial charge in [0.1, 0.15) is 5.41 Å². The Morgan fingerprint density at radius 2 is 1.43 bits per heavy atom. The predicted molar refractivity (Wildman–Crippen MR) is 102 cm³/mol. The standard InChI is InChI=1S/C20H28N4O4/c1-2-21-7-9-23(10-8-21)18(26)20(5-6-20)19(27)24-13-11-22(12-14-24)17(25)16-4-3-15-28-16/h3-4,15H,2,5-14H2,1H3. The fraction of sp³-hybridized carbons (Fsp3) is 0.650. The van der Waals surface area contributed by atoms with Crippen LogP contribution in [0.1, 0.15) is 30.3 Å². The van der Waals surface area contributed by atoms with E-state index in [-0.39, 0.29) is 17.7 Å². The molecule has 0 spiro atoms. The molecule has 3 fully saturated rings. The van der Waals surface area contributed by atoms with E-state index in [9.17, 15) is 14.4 Å². The van der Waals surface area contributed by atoms with Gasteiger partial charge in [-0.25, -0.2) is 0 Å². The van der Waals surface area contributed by atoms with E-state index < -0.39 is 5.41 Å². The Morgan fingerprint density at radius 3 is 1.89 bits per heavy atom. The minimum absolute atomic E-state index is 0.00217. The molecule has 1 saturated carbocycles. The van der Waals surface area contributed by atoms with Crippen molar-refractivity contribution in [3.63, 3.8) is 0 Å². The van der Waals surface area contributed by atoms with Crippen LogP contribution in [-0.2, 0) is 9.59 Å². The SMILES string of the molecule is CCN1CCN(C(=O)C2(C(=O)N3CCN(C(=O)c4ccco4)CC3)CC2)CC1. The van der Waals surface area contributed by atoms with Gasteiger partial charge < -0.3 is 24.0 Å². The molecule has 0 aromatic carbocycles. The first-order valence-electron chi connectivity index (χ1n) is 10.2. The van der Waals surface area contributed by atoms with Gasteiger partial charge in [-0.1, -0.05) is 6.92 Å². The summed E-state index contributed by atoms with van der Waals surface area (Å²) >= 11 is 0. The van der Waals surface area contributed by atoms with E-state index in [4.69, 9.17) is 4.42 Å². The predicted octanol–water partition coefficient (Wildman–Crippen LogP) is 0.508. The first-order valence-corrected chi connectivity index (χ1v) is 10.2. The molecule has 8 nitrogen and oxygen atoms in total. The van der Waals surface area contributed by atoms with E-state index in [0.717, 1.165) is 19.6 Å². The van der Waals surface area contributed by atoms with Crippen LogP contribution < -0.4 is 0 Å². The summed E-state index contributed by atoms with van der Waals surface area (Å²) in [6, 6.07) is 3.34. The zero-order valence-electron chi connectivity index (χ0n) is 16.4. The smallest absolute Gasteiger partial charge is 0.289 e. The van der Waals surface area contributed by atoms with Crippen LogP contribution in [0.3, 0.4) is 0 Å². The van der Waals surface area contributed by atoms with Crippen LogP contribution in [0.2, 0.25) is 0 Å². The highest BCUT2D eigenvalue weighted by molar-refractivity contribution is 6.08. The Morgan fingerprint density at radius 1 is 0.893 bits per heavy atom. The van der Waals surface area contributed by atoms with Crippen LogP contribution in [0.4, 0.5) is 0 Å². The molecule has 2 saturated heterocycles. The molecule has 0 N–H and O–H groups in total. The Labute approximate surface area is 165 Å². The van der Waals surface area contributed by atoms with Crippen LogP contribution in [0, 0.1) is 5.41 Å². The number of rotatable bonds is 4. The molecule has 1 aliphatic carbocycles. The minimum Gasteiger partial charge on any atom is -0.459 e. The first kappa shape index (κ1) is 19.0. The van der Waals surface area contributed by atoms with E-state index in [0.29, 0.717) is 57.9 Å². The highest BCUT2D eigenvalue weighted by Crippen LogP contribution is 2.49. The van der Waals surface area contributed by atoms with Crippen molar-refractivity contribution in [1.29, 1.82) is 0 Å². The lowest BCUT2D eigenvalue weighted by Crippen LogP contribution is -2.56. The molecule has 8 heteroatoms. The third-order valence-corrected chi connectivity index (χ3v) is 6.26. The van der Waals surface area contributed by atoms with Gasteiger partial charge in [-0.15, -0.1) is 0 Å². The largest absolute Gasteiger partial charge is 0.459 e. The lowest BCUT2D eigenvalue weighted by molar-refractivity contribution is -0.151. The zero-order valence-corrected chi connectivity index (χ0v) is 16.4. The number of amides is 3.